The molecule has 0 aliphatic carbocycles. The van der Waals surface area contributed by atoms with Crippen molar-refractivity contribution in [2.24, 2.45) is 0 Å². The van der Waals surface area contributed by atoms with Gasteiger partial charge in [-0.1, -0.05) is 97.3 Å². The predicted molar refractivity (Wildman–Crippen MR) is 146 cm³/mol. The van der Waals surface area contributed by atoms with Gasteiger partial charge in [-0.15, -0.1) is 0 Å². The molecule has 0 bridgehead atoms. The van der Waals surface area contributed by atoms with Crippen LogP contribution in [0.4, 0.5) is 0 Å². The first-order chi connectivity index (χ1) is 16.6. The molecule has 0 unspecified atom stereocenters. The van der Waals surface area contributed by atoms with E-state index in [2.05, 4.69) is 18.7 Å². The number of hydrogen-bond donors (Lipinski definition) is 0. The summed E-state index contributed by atoms with van der Waals surface area (Å²) in [5.41, 5.74) is 0. The average molecular weight is 482 g/mol. The van der Waals surface area contributed by atoms with Gasteiger partial charge >= 0.3 is 5.97 Å². The van der Waals surface area contributed by atoms with Crippen molar-refractivity contribution in [3.05, 3.63) is 0 Å². The van der Waals surface area contributed by atoms with E-state index in [0.29, 0.717) is 18.8 Å². The number of nitrogens with zero attached hydrogens (tertiary/aromatic N) is 1. The molecule has 34 heavy (non-hydrogen) atoms. The van der Waals surface area contributed by atoms with E-state index in [9.17, 15) is 9.59 Å². The molecule has 202 valence electrons. The minimum atomic E-state index is -0.00184. The van der Waals surface area contributed by atoms with Gasteiger partial charge in [0.15, 0.2) is 0 Å². The Morgan fingerprint density at radius 1 is 0.529 bits per heavy atom. The number of ether oxygens (including phenoxy) is 1. The smallest absolute Gasteiger partial charge is 0.305 e. The molecule has 0 saturated heterocycles. The molecule has 0 aromatic rings. The quantitative estimate of drug-likeness (QED) is 0.0869. The summed E-state index contributed by atoms with van der Waals surface area (Å²) in [6.45, 7) is 10.5. The molecule has 0 radical (unpaired) electrons. The third-order valence-electron chi connectivity index (χ3n) is 6.70. The van der Waals surface area contributed by atoms with Crippen LogP contribution < -0.4 is 0 Å². The minimum Gasteiger partial charge on any atom is -0.466 e. The second-order valence-corrected chi connectivity index (χ2v) is 10.3. The molecule has 0 fully saturated rings. The number of unbranched alkanes of at least 4 members (excludes halogenated alkanes) is 15. The van der Waals surface area contributed by atoms with Crippen molar-refractivity contribution < 1.29 is 14.3 Å². The average Bonchev–Trinajstić information content (AvgIpc) is 2.82. The first-order valence-electron chi connectivity index (χ1n) is 15.0. The van der Waals surface area contributed by atoms with Crippen molar-refractivity contribution in [2.45, 2.75) is 156 Å². The molecule has 0 amide bonds. The Morgan fingerprint density at radius 2 is 0.971 bits per heavy atom. The van der Waals surface area contributed by atoms with E-state index in [-0.39, 0.29) is 5.97 Å². The molecule has 0 atom stereocenters. The molecular weight excluding hydrogens is 422 g/mol. The van der Waals surface area contributed by atoms with Gasteiger partial charge in [0.1, 0.15) is 5.78 Å². The normalized spacial score (nSPS) is 11.3. The number of Topliss-reactive ketones (excluding diaryl/α,β-unsaturated/α-hetero) is 1. The summed E-state index contributed by atoms with van der Waals surface area (Å²) in [6, 6.07) is 0. The lowest BCUT2D eigenvalue weighted by atomic mass is 10.1. The van der Waals surface area contributed by atoms with E-state index in [0.717, 1.165) is 32.1 Å². The summed E-state index contributed by atoms with van der Waals surface area (Å²) in [6.07, 6.45) is 24.6. The van der Waals surface area contributed by atoms with Gasteiger partial charge in [-0.3, -0.25) is 4.79 Å². The lowest BCUT2D eigenvalue weighted by molar-refractivity contribution is -0.143. The number of ketones is 1. The van der Waals surface area contributed by atoms with Crippen LogP contribution in [0.3, 0.4) is 0 Å². The van der Waals surface area contributed by atoms with Gasteiger partial charge in [0.25, 0.3) is 0 Å². The zero-order valence-electron chi connectivity index (χ0n) is 23.3. The molecule has 0 aliphatic rings. The van der Waals surface area contributed by atoms with Gasteiger partial charge in [-0.2, -0.15) is 0 Å². The summed E-state index contributed by atoms with van der Waals surface area (Å²) >= 11 is 0. The van der Waals surface area contributed by atoms with E-state index < -0.39 is 0 Å². The summed E-state index contributed by atoms with van der Waals surface area (Å²) in [5, 5.41) is 0. The first-order valence-corrected chi connectivity index (χ1v) is 15.0. The van der Waals surface area contributed by atoms with Crippen LogP contribution in [0, 0.1) is 0 Å². The van der Waals surface area contributed by atoms with Crippen molar-refractivity contribution in [3.8, 4) is 0 Å². The number of carbonyl (C=O) groups is 2. The van der Waals surface area contributed by atoms with Gasteiger partial charge in [-0.05, 0) is 65.1 Å². The Balaban J connectivity index is 3.59. The highest BCUT2D eigenvalue weighted by molar-refractivity contribution is 5.75. The second-order valence-electron chi connectivity index (χ2n) is 10.3. The van der Waals surface area contributed by atoms with Crippen LogP contribution in [0.5, 0.6) is 0 Å². The Morgan fingerprint density at radius 3 is 1.53 bits per heavy atom. The highest BCUT2D eigenvalue weighted by atomic mass is 16.5. The Hall–Kier alpha value is -0.900. The largest absolute Gasteiger partial charge is 0.466 e. The topological polar surface area (TPSA) is 46.6 Å². The predicted octanol–water partition coefficient (Wildman–Crippen LogP) is 8.65. The third-order valence-corrected chi connectivity index (χ3v) is 6.70. The summed E-state index contributed by atoms with van der Waals surface area (Å²) in [5.74, 6) is 0.322. The molecule has 4 heteroatoms. The fourth-order valence-corrected chi connectivity index (χ4v) is 4.41. The Bertz CT molecular complexity index is 452. The van der Waals surface area contributed by atoms with E-state index >= 15 is 0 Å². The van der Waals surface area contributed by atoms with E-state index in [1.807, 2.05) is 0 Å². The fraction of sp³-hybridized carbons (Fsp3) is 0.933. The van der Waals surface area contributed by atoms with Crippen molar-refractivity contribution in [3.63, 3.8) is 0 Å². The highest BCUT2D eigenvalue weighted by Crippen LogP contribution is 2.11. The SMILES string of the molecule is CCCCCCCCCOC(=O)CCCCCCCN(CCCC)CCCCCCCC(C)=O. The standard InChI is InChI=1S/C30H59NO3/c1-4-6-8-9-10-17-22-28-34-30(33)24-19-14-12-16-21-27-31(25-7-5-2)26-20-15-11-13-18-23-29(3)32/h4-28H2,1-3H3. The van der Waals surface area contributed by atoms with Crippen molar-refractivity contribution >= 4 is 11.8 Å². The summed E-state index contributed by atoms with van der Waals surface area (Å²) in [4.78, 5) is 25.5. The molecule has 0 aromatic heterocycles. The van der Waals surface area contributed by atoms with E-state index in [1.165, 1.54) is 116 Å². The molecule has 0 aromatic carbocycles. The lowest BCUT2D eigenvalue weighted by Gasteiger charge is -2.22. The second kappa shape index (κ2) is 26.7. The van der Waals surface area contributed by atoms with Crippen LogP contribution in [-0.4, -0.2) is 42.9 Å². The maximum absolute atomic E-state index is 11.9. The third kappa shape index (κ3) is 25.7. The van der Waals surface area contributed by atoms with Crippen molar-refractivity contribution in [1.82, 2.24) is 4.90 Å². The van der Waals surface area contributed by atoms with Gasteiger partial charge in [-0.25, -0.2) is 0 Å². The highest BCUT2D eigenvalue weighted by Gasteiger charge is 2.06. The lowest BCUT2D eigenvalue weighted by Crippen LogP contribution is -2.27. The molecule has 0 rings (SSSR count). The van der Waals surface area contributed by atoms with Gasteiger partial charge in [0.2, 0.25) is 0 Å². The zero-order valence-corrected chi connectivity index (χ0v) is 23.3. The van der Waals surface area contributed by atoms with Gasteiger partial charge < -0.3 is 14.4 Å². The molecule has 4 nitrogen and oxygen atoms in total. The first kappa shape index (κ1) is 33.1. The maximum atomic E-state index is 11.9. The molecule has 0 saturated carbocycles. The molecule has 0 aliphatic heterocycles. The zero-order chi connectivity index (χ0) is 25.1. The van der Waals surface area contributed by atoms with Crippen molar-refractivity contribution in [1.29, 1.82) is 0 Å². The number of carbonyl (C=O) groups excluding carboxylic acids is 2. The van der Waals surface area contributed by atoms with E-state index in [4.69, 9.17) is 4.74 Å². The van der Waals surface area contributed by atoms with Crippen LogP contribution in [0.1, 0.15) is 156 Å². The monoisotopic (exact) mass is 481 g/mol. The summed E-state index contributed by atoms with van der Waals surface area (Å²) < 4.78 is 5.38. The van der Waals surface area contributed by atoms with Crippen molar-refractivity contribution in [2.75, 3.05) is 26.2 Å². The van der Waals surface area contributed by atoms with Crippen LogP contribution >= 0.6 is 0 Å². The van der Waals surface area contributed by atoms with Crippen LogP contribution in [0.2, 0.25) is 0 Å². The Labute approximate surface area is 213 Å². The number of esters is 1. The molecule has 0 spiro atoms. The molecular formula is C30H59NO3. The van der Waals surface area contributed by atoms with Gasteiger partial charge in [0, 0.05) is 12.8 Å². The van der Waals surface area contributed by atoms with Crippen LogP contribution in [-0.2, 0) is 14.3 Å². The van der Waals surface area contributed by atoms with E-state index in [1.54, 1.807) is 6.92 Å². The number of hydrogen-bond acceptors (Lipinski definition) is 4. The Kier molecular flexibility index (Phi) is 26.0. The molecule has 0 heterocycles. The number of rotatable bonds is 27. The molecule has 0 N–H and O–H groups in total. The van der Waals surface area contributed by atoms with Crippen LogP contribution in [0.25, 0.3) is 0 Å². The van der Waals surface area contributed by atoms with Crippen LogP contribution in [0.15, 0.2) is 0 Å². The minimum absolute atomic E-state index is 0.00184. The van der Waals surface area contributed by atoms with Gasteiger partial charge in [0.05, 0.1) is 6.61 Å². The summed E-state index contributed by atoms with van der Waals surface area (Å²) in [7, 11) is 0. The fourth-order valence-electron chi connectivity index (χ4n) is 4.41. The maximum Gasteiger partial charge on any atom is 0.305 e.